The van der Waals surface area contributed by atoms with Gasteiger partial charge in [-0.05, 0) is 25.4 Å². The molecule has 3 nitrogen and oxygen atoms in total. The number of hydrogen-bond donors (Lipinski definition) is 1. The van der Waals surface area contributed by atoms with Crippen molar-refractivity contribution >= 4 is 0 Å². The van der Waals surface area contributed by atoms with E-state index in [0.717, 1.165) is 32.7 Å². The van der Waals surface area contributed by atoms with Crippen LogP contribution in [0, 0.1) is 5.92 Å². The fourth-order valence-electron chi connectivity index (χ4n) is 1.03. The Hall–Kier alpha value is -0.120. The zero-order valence-corrected chi connectivity index (χ0v) is 8.43. The summed E-state index contributed by atoms with van der Waals surface area (Å²) < 4.78 is 9.95. The maximum absolute atomic E-state index is 5.02. The van der Waals surface area contributed by atoms with Crippen LogP contribution < -0.4 is 5.32 Å². The van der Waals surface area contributed by atoms with Crippen molar-refractivity contribution in [1.29, 1.82) is 0 Å². The van der Waals surface area contributed by atoms with Crippen molar-refractivity contribution in [2.75, 3.05) is 40.5 Å². The lowest BCUT2D eigenvalue weighted by atomic mass is 10.2. The van der Waals surface area contributed by atoms with Gasteiger partial charge in [0.05, 0.1) is 0 Å². The van der Waals surface area contributed by atoms with E-state index in [2.05, 4.69) is 12.2 Å². The summed E-state index contributed by atoms with van der Waals surface area (Å²) in [5.41, 5.74) is 0. The van der Waals surface area contributed by atoms with Crippen LogP contribution in [0.5, 0.6) is 0 Å². The molecule has 1 N–H and O–H groups in total. The molecule has 1 unspecified atom stereocenters. The summed E-state index contributed by atoms with van der Waals surface area (Å²) in [5.74, 6) is 0.595. The van der Waals surface area contributed by atoms with Gasteiger partial charge < -0.3 is 14.8 Å². The van der Waals surface area contributed by atoms with Crippen molar-refractivity contribution in [2.45, 2.75) is 13.3 Å². The highest BCUT2D eigenvalue weighted by atomic mass is 16.5. The normalized spacial score (nSPS) is 13.2. The quantitative estimate of drug-likeness (QED) is 0.556. The van der Waals surface area contributed by atoms with Crippen LogP contribution in [0.3, 0.4) is 0 Å². The van der Waals surface area contributed by atoms with Gasteiger partial charge in [-0.1, -0.05) is 6.92 Å². The minimum Gasteiger partial charge on any atom is -0.385 e. The molecule has 0 saturated carbocycles. The largest absolute Gasteiger partial charge is 0.385 e. The molecule has 3 heteroatoms. The summed E-state index contributed by atoms with van der Waals surface area (Å²) in [6, 6.07) is 0. The molecule has 0 saturated heterocycles. The average Bonchev–Trinajstić information content (AvgIpc) is 2.05. The van der Waals surface area contributed by atoms with Crippen molar-refractivity contribution in [1.82, 2.24) is 5.32 Å². The summed E-state index contributed by atoms with van der Waals surface area (Å²) in [4.78, 5) is 0. The first kappa shape index (κ1) is 11.9. The van der Waals surface area contributed by atoms with Crippen molar-refractivity contribution in [3.8, 4) is 0 Å². The second kappa shape index (κ2) is 8.97. The van der Waals surface area contributed by atoms with Crippen LogP contribution in [0.4, 0.5) is 0 Å². The van der Waals surface area contributed by atoms with E-state index in [9.17, 15) is 0 Å². The van der Waals surface area contributed by atoms with E-state index >= 15 is 0 Å². The molecule has 0 radical (unpaired) electrons. The van der Waals surface area contributed by atoms with Gasteiger partial charge >= 0.3 is 0 Å². The average molecular weight is 175 g/mol. The van der Waals surface area contributed by atoms with Gasteiger partial charge in [0, 0.05) is 27.4 Å². The van der Waals surface area contributed by atoms with Crippen LogP contribution >= 0.6 is 0 Å². The Bertz CT molecular complexity index is 88.6. The van der Waals surface area contributed by atoms with E-state index in [-0.39, 0.29) is 0 Å². The molecular formula is C9H21NO2. The molecule has 0 aliphatic carbocycles. The molecule has 0 bridgehead atoms. The van der Waals surface area contributed by atoms with Gasteiger partial charge in [-0.2, -0.15) is 0 Å². The Morgan fingerprint density at radius 3 is 2.58 bits per heavy atom. The van der Waals surface area contributed by atoms with Gasteiger partial charge in [0.2, 0.25) is 0 Å². The molecule has 0 aromatic carbocycles. The zero-order valence-electron chi connectivity index (χ0n) is 8.43. The predicted molar refractivity (Wildman–Crippen MR) is 50.4 cm³/mol. The highest BCUT2D eigenvalue weighted by Crippen LogP contribution is 1.91. The smallest absolute Gasteiger partial charge is 0.0499 e. The molecule has 0 rings (SSSR count). The molecule has 74 valence electrons. The third-order valence-corrected chi connectivity index (χ3v) is 1.65. The second-order valence-corrected chi connectivity index (χ2v) is 3.11. The summed E-state index contributed by atoms with van der Waals surface area (Å²) in [6.07, 6.45) is 1.08. The van der Waals surface area contributed by atoms with Crippen LogP contribution in [0.1, 0.15) is 13.3 Å². The van der Waals surface area contributed by atoms with Crippen molar-refractivity contribution < 1.29 is 9.47 Å². The molecule has 12 heavy (non-hydrogen) atoms. The van der Waals surface area contributed by atoms with E-state index in [1.165, 1.54) is 0 Å². The van der Waals surface area contributed by atoms with Gasteiger partial charge in [-0.15, -0.1) is 0 Å². The number of methoxy groups -OCH3 is 2. The van der Waals surface area contributed by atoms with Gasteiger partial charge in [-0.25, -0.2) is 0 Å². The molecule has 0 aromatic rings. The lowest BCUT2D eigenvalue weighted by Gasteiger charge is -2.10. The Morgan fingerprint density at radius 2 is 2.00 bits per heavy atom. The first-order valence-corrected chi connectivity index (χ1v) is 4.49. The lowest BCUT2D eigenvalue weighted by molar-refractivity contribution is 0.157. The van der Waals surface area contributed by atoms with E-state index in [4.69, 9.17) is 9.47 Å². The van der Waals surface area contributed by atoms with E-state index in [1.807, 2.05) is 0 Å². The van der Waals surface area contributed by atoms with Gasteiger partial charge in [-0.3, -0.25) is 0 Å². The Kier molecular flexibility index (Phi) is 8.88. The van der Waals surface area contributed by atoms with E-state index < -0.39 is 0 Å². The third-order valence-electron chi connectivity index (χ3n) is 1.65. The fourth-order valence-corrected chi connectivity index (χ4v) is 1.03. The molecular weight excluding hydrogens is 154 g/mol. The van der Waals surface area contributed by atoms with Crippen LogP contribution in [-0.2, 0) is 9.47 Å². The van der Waals surface area contributed by atoms with Crippen LogP contribution in [0.25, 0.3) is 0 Å². The molecule has 0 aliphatic heterocycles. The standard InChI is InChI=1S/C9H21NO2/c1-9(8-12-3)7-10-5-4-6-11-2/h9-10H,4-8H2,1-3H3. The number of hydrogen-bond acceptors (Lipinski definition) is 3. The SMILES string of the molecule is COCCCNCC(C)COC. The fraction of sp³-hybridized carbons (Fsp3) is 1.00. The van der Waals surface area contributed by atoms with Crippen LogP contribution in [0.15, 0.2) is 0 Å². The lowest BCUT2D eigenvalue weighted by Crippen LogP contribution is -2.25. The summed E-state index contributed by atoms with van der Waals surface area (Å²) in [7, 11) is 3.47. The van der Waals surface area contributed by atoms with Crippen molar-refractivity contribution in [3.63, 3.8) is 0 Å². The van der Waals surface area contributed by atoms with E-state index in [0.29, 0.717) is 5.92 Å². The van der Waals surface area contributed by atoms with Gasteiger partial charge in [0.25, 0.3) is 0 Å². The number of rotatable bonds is 8. The Labute approximate surface area is 75.4 Å². The molecule has 0 heterocycles. The maximum atomic E-state index is 5.02. The van der Waals surface area contributed by atoms with Crippen molar-refractivity contribution in [2.24, 2.45) is 5.92 Å². The van der Waals surface area contributed by atoms with Gasteiger partial charge in [0.15, 0.2) is 0 Å². The topological polar surface area (TPSA) is 30.5 Å². The summed E-state index contributed by atoms with van der Waals surface area (Å²) in [6.45, 7) is 5.90. The summed E-state index contributed by atoms with van der Waals surface area (Å²) in [5, 5.41) is 3.34. The molecule has 0 aromatic heterocycles. The minimum absolute atomic E-state index is 0.595. The van der Waals surface area contributed by atoms with E-state index in [1.54, 1.807) is 14.2 Å². The molecule has 0 amide bonds. The molecule has 0 aliphatic rings. The monoisotopic (exact) mass is 175 g/mol. The highest BCUT2D eigenvalue weighted by Gasteiger charge is 1.98. The molecule has 0 fully saturated rings. The Morgan fingerprint density at radius 1 is 1.25 bits per heavy atom. The molecule has 1 atom stereocenters. The Balaban J connectivity index is 2.97. The van der Waals surface area contributed by atoms with Gasteiger partial charge in [0.1, 0.15) is 0 Å². The molecule has 0 spiro atoms. The third kappa shape index (κ3) is 7.98. The minimum atomic E-state index is 0.595. The van der Waals surface area contributed by atoms with Crippen LogP contribution in [0.2, 0.25) is 0 Å². The van der Waals surface area contributed by atoms with Crippen LogP contribution in [-0.4, -0.2) is 40.5 Å². The maximum Gasteiger partial charge on any atom is 0.0499 e. The first-order chi connectivity index (χ1) is 5.81. The zero-order chi connectivity index (χ0) is 9.23. The predicted octanol–water partition coefficient (Wildman–Crippen LogP) is 0.895. The summed E-state index contributed by atoms with van der Waals surface area (Å²) >= 11 is 0. The second-order valence-electron chi connectivity index (χ2n) is 3.11. The van der Waals surface area contributed by atoms with Crippen molar-refractivity contribution in [3.05, 3.63) is 0 Å². The number of ether oxygens (including phenoxy) is 2. The highest BCUT2D eigenvalue weighted by molar-refractivity contribution is 4.55. The first-order valence-electron chi connectivity index (χ1n) is 4.49. The number of nitrogens with one attached hydrogen (secondary N) is 1.